The van der Waals surface area contributed by atoms with Crippen LogP contribution in [0.25, 0.3) is 0 Å². The van der Waals surface area contributed by atoms with Crippen molar-refractivity contribution in [3.8, 4) is 11.5 Å². The van der Waals surface area contributed by atoms with Crippen molar-refractivity contribution in [2.45, 2.75) is 13.5 Å². The summed E-state index contributed by atoms with van der Waals surface area (Å²) in [7, 11) is -3.79. The predicted octanol–water partition coefficient (Wildman–Crippen LogP) is 4.89. The highest BCUT2D eigenvalue weighted by atomic mass is 35.5. The van der Waals surface area contributed by atoms with E-state index >= 15 is 0 Å². The molecule has 0 heterocycles. The quantitative estimate of drug-likeness (QED) is 0.271. The Morgan fingerprint density at radius 3 is 2.33 bits per heavy atom. The van der Waals surface area contributed by atoms with Gasteiger partial charge in [0.2, 0.25) is 10.0 Å². The van der Waals surface area contributed by atoms with E-state index in [1.165, 1.54) is 24.4 Å². The average molecular weight is 550 g/mol. The molecular weight excluding hydrogens is 525 g/mol. The molecule has 0 radical (unpaired) electrons. The van der Waals surface area contributed by atoms with Crippen LogP contribution in [0, 0.1) is 0 Å². The maximum Gasteiger partial charge on any atom is 0.260 e. The number of carbonyl (C=O) groups excluding carboxylic acids is 1. The van der Waals surface area contributed by atoms with Gasteiger partial charge in [-0.05, 0) is 54.4 Å². The first-order valence-corrected chi connectivity index (χ1v) is 13.5. The fourth-order valence-electron chi connectivity index (χ4n) is 3.16. The van der Waals surface area contributed by atoms with Crippen LogP contribution in [0.2, 0.25) is 10.0 Å². The van der Waals surface area contributed by atoms with Crippen molar-refractivity contribution in [1.29, 1.82) is 0 Å². The lowest BCUT2D eigenvalue weighted by Crippen LogP contribution is -2.39. The van der Waals surface area contributed by atoms with Crippen LogP contribution in [0.4, 0.5) is 5.69 Å². The SMILES string of the molecule is CCOc1cc(/C=N\NC(=O)CN(c2cc(Cl)cc(Cl)c2)S(C)(=O)=O)ccc1OCc1ccccc1. The molecule has 1 amide bonds. The fraction of sp³-hybridized carbons (Fsp3) is 0.200. The highest BCUT2D eigenvalue weighted by Gasteiger charge is 2.21. The minimum Gasteiger partial charge on any atom is -0.490 e. The van der Waals surface area contributed by atoms with Gasteiger partial charge in [0, 0.05) is 10.0 Å². The normalized spacial score (nSPS) is 11.3. The van der Waals surface area contributed by atoms with Gasteiger partial charge in [-0.3, -0.25) is 9.10 Å². The Balaban J connectivity index is 1.67. The number of hydrogen-bond donors (Lipinski definition) is 1. The summed E-state index contributed by atoms with van der Waals surface area (Å²) < 4.78 is 37.0. The predicted molar refractivity (Wildman–Crippen MR) is 143 cm³/mol. The van der Waals surface area contributed by atoms with Gasteiger partial charge in [-0.2, -0.15) is 5.10 Å². The molecule has 190 valence electrons. The third kappa shape index (κ3) is 8.15. The zero-order valence-electron chi connectivity index (χ0n) is 19.6. The summed E-state index contributed by atoms with van der Waals surface area (Å²) in [4.78, 5) is 12.4. The average Bonchev–Trinajstić information content (AvgIpc) is 2.81. The largest absolute Gasteiger partial charge is 0.490 e. The first-order chi connectivity index (χ1) is 17.2. The van der Waals surface area contributed by atoms with Gasteiger partial charge < -0.3 is 9.47 Å². The van der Waals surface area contributed by atoms with Crippen LogP contribution in [0.3, 0.4) is 0 Å². The van der Waals surface area contributed by atoms with Crippen LogP contribution in [-0.4, -0.2) is 39.9 Å². The summed E-state index contributed by atoms with van der Waals surface area (Å²) in [6, 6.07) is 19.3. The molecule has 0 fully saturated rings. The number of sulfonamides is 1. The Bertz CT molecular complexity index is 1310. The number of halogens is 2. The minimum atomic E-state index is -3.79. The zero-order valence-corrected chi connectivity index (χ0v) is 22.0. The number of ether oxygens (including phenoxy) is 2. The lowest BCUT2D eigenvalue weighted by molar-refractivity contribution is -0.119. The third-order valence-electron chi connectivity index (χ3n) is 4.73. The third-order valence-corrected chi connectivity index (χ3v) is 6.31. The van der Waals surface area contributed by atoms with Crippen LogP contribution < -0.4 is 19.2 Å². The van der Waals surface area contributed by atoms with Crippen molar-refractivity contribution in [2.24, 2.45) is 5.10 Å². The van der Waals surface area contributed by atoms with E-state index in [4.69, 9.17) is 32.7 Å². The molecule has 0 spiro atoms. The Morgan fingerprint density at radius 2 is 1.69 bits per heavy atom. The van der Waals surface area contributed by atoms with E-state index in [1.54, 1.807) is 18.2 Å². The molecule has 3 aromatic rings. The van der Waals surface area contributed by atoms with Gasteiger partial charge >= 0.3 is 0 Å². The molecule has 0 aromatic heterocycles. The van der Waals surface area contributed by atoms with Crippen molar-refractivity contribution < 1.29 is 22.7 Å². The van der Waals surface area contributed by atoms with Crippen molar-refractivity contribution >= 4 is 51.0 Å². The molecule has 0 saturated carbocycles. The van der Waals surface area contributed by atoms with Crippen LogP contribution in [0.15, 0.2) is 71.8 Å². The van der Waals surface area contributed by atoms with Crippen LogP contribution >= 0.6 is 23.2 Å². The highest BCUT2D eigenvalue weighted by Crippen LogP contribution is 2.29. The minimum absolute atomic E-state index is 0.168. The fourth-order valence-corrected chi connectivity index (χ4v) is 4.51. The number of carbonyl (C=O) groups is 1. The van der Waals surface area contributed by atoms with Crippen molar-refractivity contribution in [1.82, 2.24) is 5.43 Å². The van der Waals surface area contributed by atoms with Crippen molar-refractivity contribution in [3.63, 3.8) is 0 Å². The van der Waals surface area contributed by atoms with E-state index in [0.29, 0.717) is 30.3 Å². The van der Waals surface area contributed by atoms with E-state index in [1.807, 2.05) is 37.3 Å². The molecule has 3 rings (SSSR count). The highest BCUT2D eigenvalue weighted by molar-refractivity contribution is 7.92. The summed E-state index contributed by atoms with van der Waals surface area (Å²) in [6.45, 7) is 2.18. The van der Waals surface area contributed by atoms with Crippen LogP contribution in [0.5, 0.6) is 11.5 Å². The molecule has 0 aliphatic heterocycles. The molecule has 0 saturated heterocycles. The summed E-state index contributed by atoms with van der Waals surface area (Å²) >= 11 is 12.0. The molecule has 8 nitrogen and oxygen atoms in total. The van der Waals surface area contributed by atoms with E-state index in [-0.39, 0.29) is 15.7 Å². The van der Waals surface area contributed by atoms with E-state index in [9.17, 15) is 13.2 Å². The zero-order chi connectivity index (χ0) is 26.1. The van der Waals surface area contributed by atoms with Crippen LogP contribution in [-0.2, 0) is 21.4 Å². The number of rotatable bonds is 11. The maximum absolute atomic E-state index is 12.4. The second-order valence-corrected chi connectivity index (χ2v) is 10.4. The number of benzene rings is 3. The van der Waals surface area contributed by atoms with Gasteiger partial charge in [-0.25, -0.2) is 13.8 Å². The Kier molecular flexibility index (Phi) is 9.58. The molecule has 36 heavy (non-hydrogen) atoms. The Morgan fingerprint density at radius 1 is 1.00 bits per heavy atom. The molecular formula is C25H25Cl2N3O5S. The number of nitrogens with zero attached hydrogens (tertiary/aromatic N) is 2. The summed E-state index contributed by atoms with van der Waals surface area (Å²) in [5, 5.41) is 4.42. The molecule has 0 atom stereocenters. The number of nitrogens with one attached hydrogen (secondary N) is 1. The number of anilines is 1. The standard InChI is InChI=1S/C25H25Cl2N3O5S/c1-3-34-24-11-19(9-10-23(24)35-17-18-7-5-4-6-8-18)15-28-29-25(31)16-30(36(2,32)33)22-13-20(26)12-21(27)14-22/h4-15H,3,16-17H2,1-2H3,(H,29,31)/b28-15-. The molecule has 0 aliphatic rings. The number of hydrazone groups is 1. The van der Waals surface area contributed by atoms with Gasteiger partial charge in [-0.15, -0.1) is 0 Å². The summed E-state index contributed by atoms with van der Waals surface area (Å²) in [6.07, 6.45) is 2.40. The molecule has 3 aromatic carbocycles. The van der Waals surface area contributed by atoms with Crippen molar-refractivity contribution in [3.05, 3.63) is 87.9 Å². The lowest BCUT2D eigenvalue weighted by Gasteiger charge is -2.21. The van der Waals surface area contributed by atoms with Crippen molar-refractivity contribution in [2.75, 3.05) is 23.7 Å². The van der Waals surface area contributed by atoms with Crippen LogP contribution in [0.1, 0.15) is 18.1 Å². The molecule has 11 heteroatoms. The first kappa shape index (κ1) is 27.3. The van der Waals surface area contributed by atoms with Gasteiger partial charge in [0.1, 0.15) is 13.2 Å². The first-order valence-electron chi connectivity index (χ1n) is 10.8. The van der Waals surface area contributed by atoms with E-state index < -0.39 is 22.5 Å². The number of amides is 1. The molecule has 0 bridgehead atoms. The summed E-state index contributed by atoms with van der Waals surface area (Å²) in [5.41, 5.74) is 4.17. The van der Waals surface area contributed by atoms with Gasteiger partial charge in [0.15, 0.2) is 11.5 Å². The Hall–Kier alpha value is -3.27. The Labute approximate surface area is 220 Å². The van der Waals surface area contributed by atoms with Gasteiger partial charge in [0.05, 0.1) is 24.8 Å². The maximum atomic E-state index is 12.4. The smallest absolute Gasteiger partial charge is 0.260 e. The van der Waals surface area contributed by atoms with E-state index in [0.717, 1.165) is 16.1 Å². The van der Waals surface area contributed by atoms with Gasteiger partial charge in [0.25, 0.3) is 5.91 Å². The van der Waals surface area contributed by atoms with Gasteiger partial charge in [-0.1, -0.05) is 53.5 Å². The molecule has 0 unspecified atom stereocenters. The second kappa shape index (κ2) is 12.6. The second-order valence-electron chi connectivity index (χ2n) is 7.60. The monoisotopic (exact) mass is 549 g/mol. The van der Waals surface area contributed by atoms with E-state index in [2.05, 4.69) is 10.5 Å². The summed E-state index contributed by atoms with van der Waals surface area (Å²) in [5.74, 6) is 0.455. The number of hydrogen-bond acceptors (Lipinski definition) is 6. The topological polar surface area (TPSA) is 97.3 Å². The molecule has 0 aliphatic carbocycles. The molecule has 1 N–H and O–H groups in total. The lowest BCUT2D eigenvalue weighted by atomic mass is 10.2.